The molecule has 0 saturated heterocycles. The van der Waals surface area contributed by atoms with Gasteiger partial charge in [0.2, 0.25) is 5.55 Å². The van der Waals surface area contributed by atoms with E-state index in [1.54, 1.807) is 0 Å². The quantitative estimate of drug-likeness (QED) is 0.553. The van der Waals surface area contributed by atoms with E-state index in [2.05, 4.69) is 31.0 Å². The molecule has 0 aliphatic carbocycles. The molecule has 146 valence electrons. The van der Waals surface area contributed by atoms with Gasteiger partial charge in [0.15, 0.2) is 0 Å². The van der Waals surface area contributed by atoms with Gasteiger partial charge in [-0.3, -0.25) is 0 Å². The summed E-state index contributed by atoms with van der Waals surface area (Å²) in [6.45, 7) is 6.07. The highest BCUT2D eigenvalue weighted by atomic mass is 16.3. The lowest BCUT2D eigenvalue weighted by molar-refractivity contribution is 0.0431. The number of aryl methyl sites for hydroxylation is 1. The summed E-state index contributed by atoms with van der Waals surface area (Å²) in [4.78, 5) is 4.67. The fourth-order valence-electron chi connectivity index (χ4n) is 3.25. The topological polar surface area (TPSA) is 45.7 Å². The molecular weight excluding hydrogens is 346 g/mol. The van der Waals surface area contributed by atoms with Crippen LogP contribution >= 0.6 is 0 Å². The zero-order valence-corrected chi connectivity index (χ0v) is 17.0. The summed E-state index contributed by atoms with van der Waals surface area (Å²) in [5.74, 6) is 0.744. The molecule has 0 amide bonds. The smallest absolute Gasteiger partial charge is 0.219 e. The van der Waals surface area contributed by atoms with E-state index in [9.17, 15) is 5.11 Å². The highest BCUT2D eigenvalue weighted by molar-refractivity contribution is 5.62. The van der Waals surface area contributed by atoms with E-state index in [-0.39, 0.29) is 0 Å². The summed E-state index contributed by atoms with van der Waals surface area (Å²) >= 11 is 0. The lowest BCUT2D eigenvalue weighted by atomic mass is 9.93. The van der Waals surface area contributed by atoms with Crippen LogP contribution in [0.3, 0.4) is 0 Å². The van der Waals surface area contributed by atoms with Gasteiger partial charge < -0.3 is 9.52 Å². The van der Waals surface area contributed by atoms with E-state index in [0.29, 0.717) is 12.0 Å². The van der Waals surface area contributed by atoms with Crippen LogP contribution in [0.2, 0.25) is 0 Å². The fraction of sp³-hybridized carbons (Fsp3) is 0.320. The lowest BCUT2D eigenvalue weighted by Gasteiger charge is -2.22. The van der Waals surface area contributed by atoms with Gasteiger partial charge in [-0.1, -0.05) is 67.8 Å². The predicted molar refractivity (Wildman–Crippen MR) is 114 cm³/mol. The van der Waals surface area contributed by atoms with Crippen molar-refractivity contribution in [1.29, 1.82) is 0 Å². The Morgan fingerprint density at radius 1 is 0.964 bits per heavy atom. The van der Waals surface area contributed by atoms with Crippen molar-refractivity contribution in [2.24, 2.45) is 4.99 Å². The van der Waals surface area contributed by atoms with E-state index in [1.165, 1.54) is 5.56 Å². The molecule has 0 bridgehead atoms. The van der Waals surface area contributed by atoms with E-state index < -0.39 is 5.60 Å². The Balaban J connectivity index is 2.03. The van der Waals surface area contributed by atoms with E-state index in [1.807, 2.05) is 61.5 Å². The third-order valence-corrected chi connectivity index (χ3v) is 4.84. The normalized spacial score (nSPS) is 14.1. The Kier molecular flexibility index (Phi) is 6.48. The molecule has 0 aliphatic heterocycles. The Bertz CT molecular complexity index is 954. The molecule has 1 heterocycles. The van der Waals surface area contributed by atoms with Crippen molar-refractivity contribution < 1.29 is 9.52 Å². The second-order valence-corrected chi connectivity index (χ2v) is 7.74. The van der Waals surface area contributed by atoms with Crippen molar-refractivity contribution in [2.45, 2.75) is 52.1 Å². The van der Waals surface area contributed by atoms with Crippen molar-refractivity contribution in [3.63, 3.8) is 0 Å². The summed E-state index contributed by atoms with van der Waals surface area (Å²) in [5.41, 5.74) is 3.94. The minimum atomic E-state index is -0.796. The molecule has 1 atom stereocenters. The highest BCUT2D eigenvalue weighted by Gasteiger charge is 2.22. The number of aliphatic hydroxyl groups is 1. The summed E-state index contributed by atoms with van der Waals surface area (Å²) < 4.78 is 6.06. The first-order chi connectivity index (χ1) is 13.4. The first-order valence-corrected chi connectivity index (χ1v) is 9.98. The largest absolute Gasteiger partial charge is 0.443 e. The van der Waals surface area contributed by atoms with Gasteiger partial charge in [-0.05, 0) is 49.6 Å². The maximum atomic E-state index is 10.8. The minimum Gasteiger partial charge on any atom is -0.443 e. The average molecular weight is 376 g/mol. The van der Waals surface area contributed by atoms with Gasteiger partial charge in [0.05, 0.1) is 11.3 Å². The molecule has 0 saturated carbocycles. The van der Waals surface area contributed by atoms with Crippen molar-refractivity contribution >= 4 is 5.69 Å². The maximum Gasteiger partial charge on any atom is 0.219 e. The van der Waals surface area contributed by atoms with Gasteiger partial charge in [0, 0.05) is 12.5 Å². The molecule has 1 aromatic heterocycles. The van der Waals surface area contributed by atoms with E-state index in [0.717, 1.165) is 41.8 Å². The summed E-state index contributed by atoms with van der Waals surface area (Å²) in [6.07, 6.45) is 3.26. The van der Waals surface area contributed by atoms with Gasteiger partial charge in [0.25, 0.3) is 0 Å². The Morgan fingerprint density at radius 2 is 1.68 bits per heavy atom. The molecule has 3 heteroatoms. The molecule has 3 nitrogen and oxygen atoms in total. The first kappa shape index (κ1) is 20.1. The van der Waals surface area contributed by atoms with Gasteiger partial charge in [-0.2, -0.15) is 0 Å². The number of benzene rings is 2. The molecule has 28 heavy (non-hydrogen) atoms. The maximum absolute atomic E-state index is 10.8. The van der Waals surface area contributed by atoms with E-state index in [4.69, 9.17) is 4.42 Å². The third-order valence-electron chi connectivity index (χ3n) is 4.84. The third kappa shape index (κ3) is 5.67. The van der Waals surface area contributed by atoms with Crippen LogP contribution in [-0.4, -0.2) is 10.7 Å². The van der Waals surface area contributed by atoms with Crippen LogP contribution in [0.25, 0.3) is 11.1 Å². The summed E-state index contributed by atoms with van der Waals surface area (Å²) in [5, 5.41) is 10.8. The second kappa shape index (κ2) is 9.03. The predicted octanol–water partition coefficient (Wildman–Crippen LogP) is 5.97. The average Bonchev–Trinajstić information content (AvgIpc) is 2.68. The molecule has 0 aliphatic rings. The zero-order valence-electron chi connectivity index (χ0n) is 17.0. The van der Waals surface area contributed by atoms with Gasteiger partial charge in [0.1, 0.15) is 5.76 Å². The van der Waals surface area contributed by atoms with Crippen molar-refractivity contribution in [2.75, 3.05) is 0 Å². The Morgan fingerprint density at radius 3 is 2.36 bits per heavy atom. The van der Waals surface area contributed by atoms with Crippen LogP contribution < -0.4 is 5.55 Å². The van der Waals surface area contributed by atoms with Gasteiger partial charge in [-0.25, -0.2) is 4.99 Å². The lowest BCUT2D eigenvalue weighted by Crippen LogP contribution is -2.27. The molecule has 0 radical (unpaired) electrons. The van der Waals surface area contributed by atoms with Gasteiger partial charge >= 0.3 is 0 Å². The fourth-order valence-corrected chi connectivity index (χ4v) is 3.25. The number of hydrogen-bond donors (Lipinski definition) is 1. The molecule has 0 spiro atoms. The van der Waals surface area contributed by atoms with Crippen LogP contribution in [0.1, 0.15) is 44.4 Å². The van der Waals surface area contributed by atoms with Crippen LogP contribution in [-0.2, 0) is 6.42 Å². The number of hydrogen-bond acceptors (Lipinski definition) is 3. The molecule has 1 N–H and O–H groups in total. The standard InChI is InChI=1S/C25H29NO2/c1-4-5-15-25(3,27)18-23-16-21(20-9-7-6-8-10-20)17-24(28-23)26-22-13-11-19(2)12-14-22/h6-14,16-17,27H,4-5,15,18H2,1-3H3. The SMILES string of the molecule is CCCCC(C)(O)Cc1cc(-c2ccccc2)cc(=Nc2ccc(C)cc2)o1. The number of unbranched alkanes of at least 4 members (excludes halogenated alkanes) is 1. The van der Waals surface area contributed by atoms with Crippen LogP contribution in [0, 0.1) is 6.92 Å². The van der Waals surface area contributed by atoms with Crippen molar-refractivity contribution in [3.05, 3.63) is 83.6 Å². The second-order valence-electron chi connectivity index (χ2n) is 7.74. The van der Waals surface area contributed by atoms with Gasteiger partial charge in [-0.15, -0.1) is 0 Å². The Labute approximate surface area is 167 Å². The minimum absolute atomic E-state index is 0.462. The molecule has 3 aromatic rings. The molecule has 0 fully saturated rings. The molecular formula is C25H29NO2. The Hall–Kier alpha value is -2.65. The molecule has 1 unspecified atom stereocenters. The molecule has 3 rings (SSSR count). The van der Waals surface area contributed by atoms with Crippen molar-refractivity contribution in [1.82, 2.24) is 0 Å². The summed E-state index contributed by atoms with van der Waals surface area (Å²) in [7, 11) is 0. The van der Waals surface area contributed by atoms with Crippen molar-refractivity contribution in [3.8, 4) is 11.1 Å². The van der Waals surface area contributed by atoms with Crippen LogP contribution in [0.4, 0.5) is 5.69 Å². The van der Waals surface area contributed by atoms with Crippen LogP contribution in [0.5, 0.6) is 0 Å². The zero-order chi connectivity index (χ0) is 20.0. The number of nitrogens with zero attached hydrogens (tertiary/aromatic N) is 1. The monoisotopic (exact) mass is 375 g/mol. The summed E-state index contributed by atoms with van der Waals surface area (Å²) in [6, 6.07) is 22.2. The van der Waals surface area contributed by atoms with Crippen LogP contribution in [0.15, 0.2) is 76.1 Å². The molecule has 2 aromatic carbocycles. The first-order valence-electron chi connectivity index (χ1n) is 9.98. The number of rotatable bonds is 7. The highest BCUT2D eigenvalue weighted by Crippen LogP contribution is 2.24. The van der Waals surface area contributed by atoms with E-state index >= 15 is 0 Å².